The fourth-order valence-electron chi connectivity index (χ4n) is 3.65. The van der Waals surface area contributed by atoms with Crippen LogP contribution in [0.5, 0.6) is 11.5 Å². The summed E-state index contributed by atoms with van der Waals surface area (Å²) in [6, 6.07) is 18.7. The maximum absolute atomic E-state index is 13.2. The molecule has 0 spiro atoms. The number of aryl methyl sites for hydroxylation is 2. The molecule has 3 aromatic rings. The third kappa shape index (κ3) is 5.38. The van der Waals surface area contributed by atoms with Gasteiger partial charge in [0, 0.05) is 0 Å². The number of hydrogen-bond donors (Lipinski definition) is 1. The summed E-state index contributed by atoms with van der Waals surface area (Å²) in [6.45, 7) is 4.53. The van der Waals surface area contributed by atoms with Crippen molar-refractivity contribution >= 4 is 63.5 Å². The first-order chi connectivity index (χ1) is 16.8. The first kappa shape index (κ1) is 24.9. The SMILES string of the molecule is COc1cc(/C=C2/C(=O)NC(=S)N(c3ccccc3)C2=O)cc(I)c1OCc1ccc(C)c(C)c1. The molecule has 0 unspecified atom stereocenters. The maximum Gasteiger partial charge on any atom is 0.270 e. The smallest absolute Gasteiger partial charge is 0.270 e. The Morgan fingerprint density at radius 2 is 1.77 bits per heavy atom. The van der Waals surface area contributed by atoms with Gasteiger partial charge in [0.1, 0.15) is 12.2 Å². The van der Waals surface area contributed by atoms with Crippen LogP contribution < -0.4 is 19.7 Å². The zero-order chi connectivity index (χ0) is 25.1. The van der Waals surface area contributed by atoms with Gasteiger partial charge >= 0.3 is 0 Å². The highest BCUT2D eigenvalue weighted by Gasteiger charge is 2.34. The lowest BCUT2D eigenvalue weighted by molar-refractivity contribution is -0.122. The molecule has 2 amide bonds. The lowest BCUT2D eigenvalue weighted by atomic mass is 10.1. The van der Waals surface area contributed by atoms with Crippen molar-refractivity contribution in [3.05, 3.63) is 92.1 Å². The van der Waals surface area contributed by atoms with Gasteiger partial charge in [0.25, 0.3) is 11.8 Å². The zero-order valence-electron chi connectivity index (χ0n) is 19.4. The summed E-state index contributed by atoms with van der Waals surface area (Å²) in [6.07, 6.45) is 1.53. The predicted molar refractivity (Wildman–Crippen MR) is 149 cm³/mol. The van der Waals surface area contributed by atoms with Crippen LogP contribution in [0.1, 0.15) is 22.3 Å². The largest absolute Gasteiger partial charge is 0.493 e. The molecule has 1 heterocycles. The molecule has 0 atom stereocenters. The number of hydrogen-bond acceptors (Lipinski definition) is 5. The number of carbonyl (C=O) groups excluding carboxylic acids is 2. The number of anilines is 1. The third-order valence-corrected chi connectivity index (χ3v) is 6.72. The minimum atomic E-state index is -0.545. The summed E-state index contributed by atoms with van der Waals surface area (Å²) in [4.78, 5) is 27.2. The van der Waals surface area contributed by atoms with Crippen LogP contribution >= 0.6 is 34.8 Å². The first-order valence-corrected chi connectivity index (χ1v) is 12.3. The average molecular weight is 598 g/mol. The summed E-state index contributed by atoms with van der Waals surface area (Å²) in [5.41, 5.74) is 4.67. The molecule has 3 aromatic carbocycles. The first-order valence-electron chi connectivity index (χ1n) is 10.8. The van der Waals surface area contributed by atoms with E-state index in [2.05, 4.69) is 53.9 Å². The molecule has 1 aliphatic rings. The molecule has 1 N–H and O–H groups in total. The highest BCUT2D eigenvalue weighted by Crippen LogP contribution is 2.35. The van der Waals surface area contributed by atoms with E-state index in [0.29, 0.717) is 29.4 Å². The van der Waals surface area contributed by atoms with Crippen LogP contribution in [-0.4, -0.2) is 24.0 Å². The minimum Gasteiger partial charge on any atom is -0.493 e. The molecule has 1 fully saturated rings. The predicted octanol–water partition coefficient (Wildman–Crippen LogP) is 5.33. The number of carbonyl (C=O) groups is 2. The van der Waals surface area contributed by atoms with Gasteiger partial charge in [0.15, 0.2) is 16.6 Å². The van der Waals surface area contributed by atoms with Crippen LogP contribution in [-0.2, 0) is 16.2 Å². The molecule has 0 saturated carbocycles. The second kappa shape index (κ2) is 10.6. The molecule has 8 heteroatoms. The summed E-state index contributed by atoms with van der Waals surface area (Å²) < 4.78 is 12.5. The number of methoxy groups -OCH3 is 1. The molecule has 4 rings (SSSR count). The van der Waals surface area contributed by atoms with Gasteiger partial charge in [-0.3, -0.25) is 19.8 Å². The van der Waals surface area contributed by atoms with E-state index in [1.807, 2.05) is 18.2 Å². The van der Waals surface area contributed by atoms with Gasteiger partial charge < -0.3 is 9.47 Å². The van der Waals surface area contributed by atoms with Crippen LogP contribution in [0.2, 0.25) is 0 Å². The number of thiocarbonyl (C=S) groups is 1. The van der Waals surface area contributed by atoms with E-state index in [1.165, 1.54) is 22.1 Å². The van der Waals surface area contributed by atoms with Gasteiger partial charge in [-0.1, -0.05) is 36.4 Å². The molecule has 1 saturated heterocycles. The van der Waals surface area contributed by atoms with Gasteiger partial charge in [-0.25, -0.2) is 0 Å². The van der Waals surface area contributed by atoms with Crippen molar-refractivity contribution < 1.29 is 19.1 Å². The fourth-order valence-corrected chi connectivity index (χ4v) is 4.71. The Hall–Kier alpha value is -3.24. The number of halogens is 1. The second-order valence-electron chi connectivity index (χ2n) is 8.03. The Balaban J connectivity index is 1.63. The molecule has 0 aliphatic carbocycles. The Morgan fingerprint density at radius 1 is 1.03 bits per heavy atom. The molecule has 0 aromatic heterocycles. The maximum atomic E-state index is 13.2. The van der Waals surface area contributed by atoms with E-state index >= 15 is 0 Å². The van der Waals surface area contributed by atoms with E-state index < -0.39 is 11.8 Å². The van der Waals surface area contributed by atoms with Gasteiger partial charge in [-0.05, 0) is 101 Å². The number of rotatable bonds is 6. The van der Waals surface area contributed by atoms with Crippen LogP contribution in [0.15, 0.2) is 66.2 Å². The highest BCUT2D eigenvalue weighted by atomic mass is 127. The van der Waals surface area contributed by atoms with Crippen LogP contribution in [0, 0.1) is 17.4 Å². The lowest BCUT2D eigenvalue weighted by Gasteiger charge is -2.28. The van der Waals surface area contributed by atoms with Gasteiger partial charge in [-0.15, -0.1) is 0 Å². The fraction of sp³-hybridized carbons (Fsp3) is 0.148. The topological polar surface area (TPSA) is 67.9 Å². The molecule has 0 radical (unpaired) electrons. The lowest BCUT2D eigenvalue weighted by Crippen LogP contribution is -2.54. The van der Waals surface area contributed by atoms with Crippen molar-refractivity contribution in [2.75, 3.05) is 12.0 Å². The van der Waals surface area contributed by atoms with Crippen molar-refractivity contribution in [3.8, 4) is 11.5 Å². The number of nitrogens with zero attached hydrogens (tertiary/aromatic N) is 1. The third-order valence-electron chi connectivity index (χ3n) is 5.63. The Bertz CT molecular complexity index is 1350. The van der Waals surface area contributed by atoms with Crippen molar-refractivity contribution in [1.82, 2.24) is 5.32 Å². The van der Waals surface area contributed by atoms with E-state index in [4.69, 9.17) is 21.7 Å². The number of benzene rings is 3. The summed E-state index contributed by atoms with van der Waals surface area (Å²) in [7, 11) is 1.55. The number of amides is 2. The highest BCUT2D eigenvalue weighted by molar-refractivity contribution is 14.1. The summed E-state index contributed by atoms with van der Waals surface area (Å²) >= 11 is 7.41. The zero-order valence-corrected chi connectivity index (χ0v) is 22.4. The molecule has 0 bridgehead atoms. The van der Waals surface area contributed by atoms with E-state index in [9.17, 15) is 9.59 Å². The number of ether oxygens (including phenoxy) is 2. The summed E-state index contributed by atoms with van der Waals surface area (Å²) in [5, 5.41) is 2.65. The Morgan fingerprint density at radius 3 is 2.46 bits per heavy atom. The molecule has 6 nitrogen and oxygen atoms in total. The van der Waals surface area contributed by atoms with E-state index in [-0.39, 0.29) is 10.7 Å². The average Bonchev–Trinajstić information content (AvgIpc) is 2.83. The summed E-state index contributed by atoms with van der Waals surface area (Å²) in [5.74, 6) is 0.0666. The van der Waals surface area contributed by atoms with E-state index in [0.717, 1.165) is 9.13 Å². The van der Waals surface area contributed by atoms with Crippen molar-refractivity contribution in [3.63, 3.8) is 0 Å². The van der Waals surface area contributed by atoms with Crippen LogP contribution in [0.25, 0.3) is 6.08 Å². The Labute approximate surface area is 223 Å². The molecular weight excluding hydrogens is 575 g/mol. The van der Waals surface area contributed by atoms with Crippen LogP contribution in [0.3, 0.4) is 0 Å². The second-order valence-corrected chi connectivity index (χ2v) is 9.58. The molecule has 1 aliphatic heterocycles. The molecule has 178 valence electrons. The number of nitrogens with one attached hydrogen (secondary N) is 1. The minimum absolute atomic E-state index is 0.0240. The number of para-hydroxylation sites is 1. The van der Waals surface area contributed by atoms with Gasteiger partial charge in [0.2, 0.25) is 0 Å². The van der Waals surface area contributed by atoms with E-state index in [1.54, 1.807) is 37.4 Å². The van der Waals surface area contributed by atoms with Crippen molar-refractivity contribution in [1.29, 1.82) is 0 Å². The van der Waals surface area contributed by atoms with Gasteiger partial charge in [0.05, 0.1) is 16.4 Å². The monoisotopic (exact) mass is 598 g/mol. The van der Waals surface area contributed by atoms with Gasteiger partial charge in [-0.2, -0.15) is 0 Å². The standard InChI is InChI=1S/C27H23IN2O4S/c1-16-9-10-18(11-17(16)2)15-34-24-22(28)13-19(14-23(24)33-3)12-21-25(31)29-27(35)30(26(21)32)20-7-5-4-6-8-20/h4-14H,15H2,1-3H3,(H,29,31,35)/b21-12-. The molecule has 35 heavy (non-hydrogen) atoms. The quantitative estimate of drug-likeness (QED) is 0.180. The molecular formula is C27H23IN2O4S. The van der Waals surface area contributed by atoms with Crippen molar-refractivity contribution in [2.45, 2.75) is 20.5 Å². The Kier molecular flexibility index (Phi) is 7.51. The normalized spacial score (nSPS) is 14.8. The van der Waals surface area contributed by atoms with Crippen molar-refractivity contribution in [2.24, 2.45) is 0 Å². The van der Waals surface area contributed by atoms with Crippen LogP contribution in [0.4, 0.5) is 5.69 Å².